The van der Waals surface area contributed by atoms with E-state index < -0.39 is 30.8 Å². The van der Waals surface area contributed by atoms with E-state index in [-0.39, 0.29) is 18.3 Å². The molecular formula is C14H18F2N6O2. The Morgan fingerprint density at radius 2 is 2.29 bits per heavy atom. The summed E-state index contributed by atoms with van der Waals surface area (Å²) >= 11 is 0. The predicted octanol–water partition coefficient (Wildman–Crippen LogP) is 1.05. The molecule has 24 heavy (non-hydrogen) atoms. The predicted molar refractivity (Wildman–Crippen MR) is 78.3 cm³/mol. The molecule has 1 atom stereocenters. The lowest BCUT2D eigenvalue weighted by Gasteiger charge is -2.20. The number of rotatable bonds is 4. The van der Waals surface area contributed by atoms with Crippen LogP contribution in [-0.2, 0) is 13.6 Å². The van der Waals surface area contributed by atoms with E-state index in [1.165, 1.54) is 7.05 Å². The summed E-state index contributed by atoms with van der Waals surface area (Å²) in [4.78, 5) is 17.1. The molecule has 0 aliphatic carbocycles. The Morgan fingerprint density at radius 1 is 1.54 bits per heavy atom. The van der Waals surface area contributed by atoms with Crippen molar-refractivity contribution < 1.29 is 18.1 Å². The zero-order valence-corrected chi connectivity index (χ0v) is 13.6. The minimum Gasteiger partial charge on any atom is -0.352 e. The summed E-state index contributed by atoms with van der Waals surface area (Å²) in [5.74, 6) is -3.53. The van der Waals surface area contributed by atoms with Gasteiger partial charge in [-0.2, -0.15) is 10.1 Å². The molecule has 130 valence electrons. The Balaban J connectivity index is 1.85. The number of halogens is 2. The number of likely N-dealkylation sites (tertiary alicyclic amines) is 1. The topological polar surface area (TPSA) is 89.1 Å². The maximum Gasteiger partial charge on any atom is 0.292 e. The third kappa shape index (κ3) is 3.14. The van der Waals surface area contributed by atoms with Crippen LogP contribution in [0.3, 0.4) is 0 Å². The number of aryl methyl sites for hydroxylation is 2. The van der Waals surface area contributed by atoms with Gasteiger partial charge in [0.2, 0.25) is 5.89 Å². The first-order valence-electron chi connectivity index (χ1n) is 7.46. The first-order valence-corrected chi connectivity index (χ1v) is 7.46. The number of amides is 1. The number of hydrogen-bond acceptors (Lipinski definition) is 6. The second-order valence-electron chi connectivity index (χ2n) is 5.93. The number of carbonyl (C=O) groups is 1. The smallest absolute Gasteiger partial charge is 0.292 e. The molecule has 1 N–H and O–H groups in total. The van der Waals surface area contributed by atoms with Gasteiger partial charge in [0.05, 0.1) is 18.3 Å². The molecule has 1 saturated heterocycles. The van der Waals surface area contributed by atoms with E-state index in [2.05, 4.69) is 20.6 Å². The number of hydrogen-bond donors (Lipinski definition) is 1. The average molecular weight is 340 g/mol. The highest BCUT2D eigenvalue weighted by Crippen LogP contribution is 2.41. The van der Waals surface area contributed by atoms with Crippen LogP contribution in [0.5, 0.6) is 0 Å². The zero-order chi connectivity index (χ0) is 17.5. The van der Waals surface area contributed by atoms with E-state index >= 15 is 0 Å². The van der Waals surface area contributed by atoms with Crippen LogP contribution in [0.15, 0.2) is 10.7 Å². The van der Waals surface area contributed by atoms with Crippen LogP contribution in [0.25, 0.3) is 0 Å². The Labute approximate surface area is 136 Å². The number of alkyl halides is 2. The van der Waals surface area contributed by atoms with Crippen molar-refractivity contribution >= 4 is 5.91 Å². The van der Waals surface area contributed by atoms with Crippen molar-refractivity contribution in [3.63, 3.8) is 0 Å². The van der Waals surface area contributed by atoms with Gasteiger partial charge in [-0.05, 0) is 6.92 Å². The monoisotopic (exact) mass is 340 g/mol. The van der Waals surface area contributed by atoms with Gasteiger partial charge >= 0.3 is 0 Å². The number of carbonyl (C=O) groups excluding carboxylic acids is 1. The number of nitrogens with zero attached hydrogens (tertiary/aromatic N) is 5. The summed E-state index contributed by atoms with van der Waals surface area (Å²) in [6.45, 7) is 1.70. The van der Waals surface area contributed by atoms with Gasteiger partial charge in [0.1, 0.15) is 0 Å². The van der Waals surface area contributed by atoms with Gasteiger partial charge < -0.3 is 9.84 Å². The Kier molecular flexibility index (Phi) is 4.08. The molecule has 2 aromatic rings. The molecule has 3 rings (SSSR count). The first-order chi connectivity index (χ1) is 11.3. The van der Waals surface area contributed by atoms with Crippen molar-refractivity contribution in [3.8, 4) is 0 Å². The molecule has 0 bridgehead atoms. The second-order valence-corrected chi connectivity index (χ2v) is 5.93. The van der Waals surface area contributed by atoms with Crippen LogP contribution in [-0.4, -0.2) is 50.2 Å². The largest absolute Gasteiger partial charge is 0.352 e. The maximum absolute atomic E-state index is 13.9. The van der Waals surface area contributed by atoms with Crippen LogP contribution in [0.2, 0.25) is 0 Å². The van der Waals surface area contributed by atoms with Crippen molar-refractivity contribution in [1.82, 2.24) is 30.1 Å². The van der Waals surface area contributed by atoms with E-state index in [0.717, 1.165) is 11.3 Å². The fraction of sp³-hybridized carbons (Fsp3) is 0.571. The summed E-state index contributed by atoms with van der Waals surface area (Å²) in [6, 6.07) is -0.745. The van der Waals surface area contributed by atoms with E-state index in [0.29, 0.717) is 0 Å². The normalized spacial score (nSPS) is 20.5. The molecule has 3 heterocycles. The molecule has 0 saturated carbocycles. The molecule has 1 aliphatic heterocycles. The van der Waals surface area contributed by atoms with E-state index in [9.17, 15) is 13.6 Å². The summed E-state index contributed by atoms with van der Waals surface area (Å²) in [7, 11) is 3.21. The lowest BCUT2D eigenvalue weighted by atomic mass is 10.2. The van der Waals surface area contributed by atoms with Crippen molar-refractivity contribution in [2.75, 3.05) is 13.6 Å². The van der Waals surface area contributed by atoms with Crippen LogP contribution < -0.4 is 5.32 Å². The number of aromatic nitrogens is 4. The molecule has 10 heteroatoms. The minimum atomic E-state index is -2.86. The second kappa shape index (κ2) is 5.93. The molecule has 0 aromatic carbocycles. The highest BCUT2D eigenvalue weighted by atomic mass is 19.3. The third-order valence-corrected chi connectivity index (χ3v) is 4.01. The van der Waals surface area contributed by atoms with Crippen LogP contribution >= 0.6 is 0 Å². The molecule has 0 radical (unpaired) electrons. The van der Waals surface area contributed by atoms with Gasteiger partial charge in [0.25, 0.3) is 17.7 Å². The summed E-state index contributed by atoms with van der Waals surface area (Å²) < 4.78 is 34.6. The van der Waals surface area contributed by atoms with Gasteiger partial charge in [-0.15, -0.1) is 0 Å². The van der Waals surface area contributed by atoms with Crippen LogP contribution in [0.4, 0.5) is 8.78 Å². The van der Waals surface area contributed by atoms with Gasteiger partial charge in [-0.25, -0.2) is 8.78 Å². The van der Waals surface area contributed by atoms with Gasteiger partial charge in [0.15, 0.2) is 0 Å². The van der Waals surface area contributed by atoms with Crippen molar-refractivity contribution in [2.24, 2.45) is 7.05 Å². The van der Waals surface area contributed by atoms with Crippen molar-refractivity contribution in [2.45, 2.75) is 31.9 Å². The number of nitrogens with one attached hydrogen (secondary N) is 1. The summed E-state index contributed by atoms with van der Waals surface area (Å²) in [5, 5.41) is 10.1. The molecule has 8 nitrogen and oxygen atoms in total. The fourth-order valence-corrected chi connectivity index (χ4v) is 2.89. The minimum absolute atomic E-state index is 0.0207. The lowest BCUT2D eigenvalue weighted by molar-refractivity contribution is 0.0112. The van der Waals surface area contributed by atoms with E-state index in [1.54, 1.807) is 22.8 Å². The maximum atomic E-state index is 13.9. The highest BCUT2D eigenvalue weighted by molar-refractivity contribution is 5.89. The summed E-state index contributed by atoms with van der Waals surface area (Å²) in [6.07, 6.45) is 1.37. The Hall–Kier alpha value is -2.36. The van der Waals surface area contributed by atoms with E-state index in [4.69, 9.17) is 4.52 Å². The molecule has 0 unspecified atom stereocenters. The zero-order valence-electron chi connectivity index (χ0n) is 13.6. The molecule has 1 amide bonds. The average Bonchev–Trinajstić information content (AvgIpc) is 3.17. The third-order valence-electron chi connectivity index (χ3n) is 4.01. The molecule has 0 spiro atoms. The first kappa shape index (κ1) is 16.5. The quantitative estimate of drug-likeness (QED) is 0.895. The van der Waals surface area contributed by atoms with Gasteiger partial charge in [-0.1, -0.05) is 5.16 Å². The van der Waals surface area contributed by atoms with Crippen LogP contribution in [0.1, 0.15) is 40.2 Å². The molecular weight excluding hydrogens is 322 g/mol. The van der Waals surface area contributed by atoms with Crippen molar-refractivity contribution in [1.29, 1.82) is 0 Å². The van der Waals surface area contributed by atoms with Gasteiger partial charge in [0, 0.05) is 38.8 Å². The van der Waals surface area contributed by atoms with Crippen molar-refractivity contribution in [3.05, 3.63) is 29.2 Å². The lowest BCUT2D eigenvalue weighted by Crippen LogP contribution is -2.26. The van der Waals surface area contributed by atoms with Gasteiger partial charge in [-0.3, -0.25) is 14.4 Å². The Bertz CT molecular complexity index is 756. The molecule has 1 aliphatic rings. The SMILES string of the molecule is CNC(=O)c1noc([C@@H]2CC(F)(F)CN2Cc2cn(C)nc2C)n1. The fourth-order valence-electron chi connectivity index (χ4n) is 2.89. The Morgan fingerprint density at radius 3 is 2.92 bits per heavy atom. The van der Waals surface area contributed by atoms with Crippen LogP contribution in [0, 0.1) is 6.92 Å². The molecule has 2 aromatic heterocycles. The summed E-state index contributed by atoms with van der Waals surface area (Å²) in [5.41, 5.74) is 1.63. The standard InChI is InChI=1S/C14H18F2N6O2/c1-8-9(5-21(3)19-8)6-22-7-14(15,16)4-10(22)13-18-11(20-24-13)12(23)17-2/h5,10H,4,6-7H2,1-3H3,(H,17,23)/t10-/m0/s1. The highest BCUT2D eigenvalue weighted by Gasteiger charge is 2.48. The van der Waals surface area contributed by atoms with E-state index in [1.807, 2.05) is 6.92 Å². The molecule has 1 fully saturated rings.